The fourth-order valence-corrected chi connectivity index (χ4v) is 4.61. The van der Waals surface area contributed by atoms with Gasteiger partial charge in [-0.15, -0.1) is 0 Å². The van der Waals surface area contributed by atoms with E-state index in [-0.39, 0.29) is 23.3 Å². The predicted octanol–water partition coefficient (Wildman–Crippen LogP) is 3.34. The van der Waals surface area contributed by atoms with E-state index in [1.165, 1.54) is 16.9 Å². The number of aryl methyl sites for hydroxylation is 2. The van der Waals surface area contributed by atoms with Crippen molar-refractivity contribution in [3.8, 4) is 11.3 Å². The summed E-state index contributed by atoms with van der Waals surface area (Å²) in [6.07, 6.45) is 7.42. The standard InChI is InChI=1S/C25H26FN7O2/c1-14-4-7-18(20(26)8-14)22-19-10-27-31(3)24(34)23(19)30-25(29-22)32-11-15(2)35-21(13-32)16-9-28-33(12-16)17-5-6-17/h4,7-10,12,15,17,21H,5-6,11,13H2,1-3H3/t15-,21+/m1/s1. The van der Waals surface area contributed by atoms with Gasteiger partial charge in [0.25, 0.3) is 5.56 Å². The zero-order valence-corrected chi connectivity index (χ0v) is 19.8. The largest absolute Gasteiger partial charge is 0.367 e. The molecule has 2 aliphatic rings. The number of rotatable bonds is 4. The van der Waals surface area contributed by atoms with E-state index in [1.54, 1.807) is 13.1 Å². The molecule has 1 saturated heterocycles. The topological polar surface area (TPSA) is 91.0 Å². The van der Waals surface area contributed by atoms with Gasteiger partial charge in [0, 0.05) is 30.9 Å². The fraction of sp³-hybridized carbons (Fsp3) is 0.400. The van der Waals surface area contributed by atoms with E-state index in [0.29, 0.717) is 41.7 Å². The third-order valence-corrected chi connectivity index (χ3v) is 6.63. The number of benzene rings is 1. The normalized spacial score (nSPS) is 20.5. The summed E-state index contributed by atoms with van der Waals surface area (Å²) in [5.74, 6) is -0.0390. The van der Waals surface area contributed by atoms with Crippen molar-refractivity contribution < 1.29 is 9.13 Å². The van der Waals surface area contributed by atoms with Crippen molar-refractivity contribution in [2.45, 2.75) is 44.9 Å². The summed E-state index contributed by atoms with van der Waals surface area (Å²) in [7, 11) is 1.57. The molecule has 0 bridgehead atoms. The molecule has 0 radical (unpaired) electrons. The second-order valence-corrected chi connectivity index (χ2v) is 9.52. The van der Waals surface area contributed by atoms with Gasteiger partial charge in [-0.05, 0) is 44.4 Å². The van der Waals surface area contributed by atoms with Crippen molar-refractivity contribution in [2.75, 3.05) is 18.0 Å². The van der Waals surface area contributed by atoms with E-state index >= 15 is 4.39 Å². The molecule has 180 valence electrons. The molecular weight excluding hydrogens is 449 g/mol. The molecule has 1 aromatic carbocycles. The fourth-order valence-electron chi connectivity index (χ4n) is 4.61. The van der Waals surface area contributed by atoms with Gasteiger partial charge in [-0.25, -0.2) is 19.0 Å². The van der Waals surface area contributed by atoms with Crippen LogP contribution in [0.3, 0.4) is 0 Å². The van der Waals surface area contributed by atoms with Gasteiger partial charge in [0.05, 0.1) is 42.2 Å². The number of nitrogens with zero attached hydrogens (tertiary/aromatic N) is 7. The van der Waals surface area contributed by atoms with Gasteiger partial charge in [-0.1, -0.05) is 6.07 Å². The minimum atomic E-state index is -0.405. The van der Waals surface area contributed by atoms with E-state index in [0.717, 1.165) is 24.0 Å². The average molecular weight is 476 g/mol. The monoisotopic (exact) mass is 475 g/mol. The smallest absolute Gasteiger partial charge is 0.293 e. The Bertz CT molecular complexity index is 1490. The van der Waals surface area contributed by atoms with Gasteiger partial charge in [0.15, 0.2) is 0 Å². The number of hydrogen-bond acceptors (Lipinski definition) is 7. The molecule has 2 fully saturated rings. The van der Waals surface area contributed by atoms with Gasteiger partial charge in [-0.3, -0.25) is 9.48 Å². The zero-order valence-electron chi connectivity index (χ0n) is 19.8. The summed E-state index contributed by atoms with van der Waals surface area (Å²) < 4.78 is 24.5. The van der Waals surface area contributed by atoms with Crippen LogP contribution >= 0.6 is 0 Å². The number of hydrogen-bond donors (Lipinski definition) is 0. The van der Waals surface area contributed by atoms with Crippen molar-refractivity contribution in [1.29, 1.82) is 0 Å². The number of anilines is 1. The van der Waals surface area contributed by atoms with Gasteiger partial charge >= 0.3 is 0 Å². The molecule has 2 atom stereocenters. The zero-order chi connectivity index (χ0) is 24.3. The highest BCUT2D eigenvalue weighted by atomic mass is 19.1. The van der Waals surface area contributed by atoms with E-state index in [4.69, 9.17) is 9.72 Å². The Kier molecular flexibility index (Phi) is 5.14. The lowest BCUT2D eigenvalue weighted by atomic mass is 10.1. The predicted molar refractivity (Wildman–Crippen MR) is 129 cm³/mol. The quantitative estimate of drug-likeness (QED) is 0.447. The Labute approximate surface area is 201 Å². The maximum Gasteiger partial charge on any atom is 0.293 e. The molecule has 9 nitrogen and oxygen atoms in total. The molecule has 3 aromatic heterocycles. The molecule has 0 N–H and O–H groups in total. The second-order valence-electron chi connectivity index (χ2n) is 9.52. The lowest BCUT2D eigenvalue weighted by Crippen LogP contribution is -2.43. The van der Waals surface area contributed by atoms with Crippen molar-refractivity contribution in [3.63, 3.8) is 0 Å². The van der Waals surface area contributed by atoms with Crippen LogP contribution < -0.4 is 10.5 Å². The van der Waals surface area contributed by atoms with Crippen LogP contribution in [0.1, 0.15) is 43.0 Å². The lowest BCUT2D eigenvalue weighted by molar-refractivity contribution is -0.0178. The number of halogens is 1. The first kappa shape index (κ1) is 21.8. The summed E-state index contributed by atoms with van der Waals surface area (Å²) in [6, 6.07) is 5.46. The minimum Gasteiger partial charge on any atom is -0.367 e. The number of aromatic nitrogens is 6. The summed E-state index contributed by atoms with van der Waals surface area (Å²) in [6.45, 7) is 4.86. The first-order valence-electron chi connectivity index (χ1n) is 11.8. The molecule has 0 amide bonds. The molecular formula is C25H26FN7O2. The highest BCUT2D eigenvalue weighted by Crippen LogP contribution is 2.36. The highest BCUT2D eigenvalue weighted by Gasteiger charge is 2.31. The summed E-state index contributed by atoms with van der Waals surface area (Å²) >= 11 is 0. The minimum absolute atomic E-state index is 0.0999. The van der Waals surface area contributed by atoms with Crippen LogP contribution in [0.2, 0.25) is 0 Å². The second kappa shape index (κ2) is 8.23. The Balaban J connectivity index is 1.45. The van der Waals surface area contributed by atoms with Gasteiger partial charge < -0.3 is 9.64 Å². The number of fused-ring (bicyclic) bond motifs is 1. The van der Waals surface area contributed by atoms with Gasteiger partial charge in [-0.2, -0.15) is 10.2 Å². The van der Waals surface area contributed by atoms with Crippen molar-refractivity contribution in [3.05, 3.63) is 64.1 Å². The molecule has 0 unspecified atom stereocenters. The Morgan fingerprint density at radius 2 is 1.94 bits per heavy atom. The van der Waals surface area contributed by atoms with E-state index in [9.17, 15) is 4.79 Å². The molecule has 4 heterocycles. The lowest BCUT2D eigenvalue weighted by Gasteiger charge is -2.36. The van der Waals surface area contributed by atoms with Crippen molar-refractivity contribution >= 4 is 16.9 Å². The molecule has 1 aliphatic heterocycles. The summed E-state index contributed by atoms with van der Waals surface area (Å²) in [5, 5.41) is 9.05. The van der Waals surface area contributed by atoms with Crippen molar-refractivity contribution in [2.24, 2.45) is 7.05 Å². The van der Waals surface area contributed by atoms with Gasteiger partial charge in [0.1, 0.15) is 17.4 Å². The van der Waals surface area contributed by atoms with Crippen LogP contribution in [-0.2, 0) is 11.8 Å². The molecule has 0 spiro atoms. The summed E-state index contributed by atoms with van der Waals surface area (Å²) in [4.78, 5) is 24.4. The van der Waals surface area contributed by atoms with Crippen LogP contribution in [0.25, 0.3) is 22.2 Å². The maximum absolute atomic E-state index is 15.0. The van der Waals surface area contributed by atoms with E-state index in [2.05, 4.69) is 15.2 Å². The molecule has 10 heteroatoms. The number of morpholine rings is 1. The molecule has 6 rings (SSSR count). The van der Waals surface area contributed by atoms with Crippen LogP contribution in [0, 0.1) is 12.7 Å². The SMILES string of the molecule is Cc1ccc(-c2nc(N3C[C@@H](C)O[C@H](c4cnn(C5CC5)c4)C3)nc3c(=O)n(C)ncc23)c(F)c1. The summed E-state index contributed by atoms with van der Waals surface area (Å²) in [5.41, 5.74) is 2.31. The van der Waals surface area contributed by atoms with Crippen LogP contribution in [0.15, 0.2) is 41.6 Å². The van der Waals surface area contributed by atoms with E-state index < -0.39 is 5.82 Å². The van der Waals surface area contributed by atoms with E-state index in [1.807, 2.05) is 41.9 Å². The van der Waals surface area contributed by atoms with Crippen LogP contribution in [-0.4, -0.2) is 48.7 Å². The maximum atomic E-state index is 15.0. The molecule has 1 saturated carbocycles. The third-order valence-electron chi connectivity index (χ3n) is 6.63. The van der Waals surface area contributed by atoms with Gasteiger partial charge in [0.2, 0.25) is 5.95 Å². The Hall–Kier alpha value is -3.66. The average Bonchev–Trinajstić information content (AvgIpc) is 3.57. The molecule has 1 aliphatic carbocycles. The van der Waals surface area contributed by atoms with Crippen molar-refractivity contribution in [1.82, 2.24) is 29.5 Å². The third kappa shape index (κ3) is 3.97. The van der Waals surface area contributed by atoms with Crippen LogP contribution in [0.5, 0.6) is 0 Å². The highest BCUT2D eigenvalue weighted by molar-refractivity contribution is 5.92. The molecule has 35 heavy (non-hydrogen) atoms. The molecule has 4 aromatic rings. The Morgan fingerprint density at radius 1 is 1.11 bits per heavy atom. The first-order chi connectivity index (χ1) is 16.9. The Morgan fingerprint density at radius 3 is 2.71 bits per heavy atom. The first-order valence-corrected chi connectivity index (χ1v) is 11.8. The number of ether oxygens (including phenoxy) is 1. The van der Waals surface area contributed by atoms with Crippen LogP contribution in [0.4, 0.5) is 10.3 Å².